The molecule has 0 aromatic heterocycles. The molecule has 126 heavy (non-hydrogen) atoms. The first kappa shape index (κ1) is 116. The third-order valence-corrected chi connectivity index (χ3v) is 17.1. The summed E-state index contributed by atoms with van der Waals surface area (Å²) in [6.07, 6.45) is -21.7. The van der Waals surface area contributed by atoms with E-state index in [9.17, 15) is 80.2 Å². The molecule has 0 saturated heterocycles. The molecular formula is C88H96Cl2F15O18S3-. The zero-order valence-electron chi connectivity index (χ0n) is 68.9. The van der Waals surface area contributed by atoms with E-state index in [0.717, 1.165) is 115 Å². The highest BCUT2D eigenvalue weighted by molar-refractivity contribution is 7.99. The van der Waals surface area contributed by atoms with Crippen LogP contribution in [0.5, 0.6) is 46.0 Å². The number of carbonyl (C=O) groups excluding carboxylic acids is 2. The predicted octanol–water partition coefficient (Wildman–Crippen LogP) is 22.2. The maximum atomic E-state index is 12.6. The van der Waals surface area contributed by atoms with Gasteiger partial charge in [-0.3, -0.25) is 0 Å². The number of carboxylic acids is 1. The molecule has 18 nitrogen and oxygen atoms in total. The molecule has 0 aliphatic carbocycles. The molecule has 0 bridgehead atoms. The zero-order chi connectivity index (χ0) is 94.7. The van der Waals surface area contributed by atoms with E-state index in [0.29, 0.717) is 81.7 Å². The number of aliphatic hydroxyl groups is 4. The predicted molar refractivity (Wildman–Crippen MR) is 458 cm³/mol. The van der Waals surface area contributed by atoms with Gasteiger partial charge in [0.05, 0.1) is 72.8 Å². The zero-order valence-corrected chi connectivity index (χ0v) is 72.9. The average Bonchev–Trinajstić information content (AvgIpc) is 0.884. The number of halogens is 17. The second-order valence-electron chi connectivity index (χ2n) is 25.0. The van der Waals surface area contributed by atoms with E-state index in [1.54, 1.807) is 43.8 Å². The Morgan fingerprint density at radius 2 is 0.611 bits per heavy atom. The Morgan fingerprint density at radius 1 is 0.365 bits per heavy atom. The maximum absolute atomic E-state index is 12.6. The Hall–Kier alpha value is -10.3. The average molecular weight is 1890 g/mol. The maximum Gasteiger partial charge on any atom is 0.416 e. The van der Waals surface area contributed by atoms with E-state index >= 15 is 0 Å². The highest BCUT2D eigenvalue weighted by Crippen LogP contribution is 2.36. The van der Waals surface area contributed by atoms with Gasteiger partial charge in [0.1, 0.15) is 72.4 Å². The molecule has 0 aliphatic rings. The van der Waals surface area contributed by atoms with Crippen molar-refractivity contribution in [3.8, 4) is 46.0 Å². The van der Waals surface area contributed by atoms with Gasteiger partial charge in [-0.25, -0.2) is 14.4 Å². The second-order valence-corrected chi connectivity index (χ2v) is 28.4. The molecule has 8 aromatic rings. The van der Waals surface area contributed by atoms with Gasteiger partial charge in [0.15, 0.2) is 19.8 Å². The van der Waals surface area contributed by atoms with E-state index in [-0.39, 0.29) is 90.6 Å². The van der Waals surface area contributed by atoms with Gasteiger partial charge in [-0.15, -0.1) is 59.4 Å². The normalized spacial score (nSPS) is 10.7. The lowest BCUT2D eigenvalue weighted by Crippen LogP contribution is -2.14. The summed E-state index contributed by atoms with van der Waals surface area (Å²) in [5.74, 6) is 2.28. The number of aromatic hydroxyl groups is 1. The minimum absolute atomic E-state index is 0. The lowest BCUT2D eigenvalue weighted by atomic mass is 10.2. The van der Waals surface area contributed by atoms with Crippen LogP contribution in [0.25, 0.3) is 0 Å². The summed E-state index contributed by atoms with van der Waals surface area (Å²) < 4.78 is 231. The number of aliphatic carboxylic acids is 1. The first-order valence-corrected chi connectivity index (χ1v) is 39.7. The number of hydrogen-bond donors (Lipinski definition) is 7. The fourth-order valence-electron chi connectivity index (χ4n) is 8.31. The van der Waals surface area contributed by atoms with Crippen LogP contribution in [0.3, 0.4) is 0 Å². The van der Waals surface area contributed by atoms with Crippen molar-refractivity contribution in [3.63, 3.8) is 0 Å². The van der Waals surface area contributed by atoms with Crippen molar-refractivity contribution in [1.29, 1.82) is 0 Å². The summed E-state index contributed by atoms with van der Waals surface area (Å²) in [5, 5.41) is 50.9. The molecule has 0 radical (unpaired) electrons. The summed E-state index contributed by atoms with van der Waals surface area (Å²) in [7, 11) is 0. The molecule has 38 heteroatoms. The van der Waals surface area contributed by atoms with E-state index in [1.165, 1.54) is 60.3 Å². The number of rotatable bonds is 33. The number of esters is 2. The quantitative estimate of drug-likeness (QED) is 0.00384. The number of aryl methyl sites for hydroxylation is 3. The van der Waals surface area contributed by atoms with E-state index in [4.69, 9.17) is 96.5 Å². The summed E-state index contributed by atoms with van der Waals surface area (Å²) >= 11 is 16.8. The number of thiol groups is 1. The molecule has 0 spiro atoms. The van der Waals surface area contributed by atoms with Crippen LogP contribution in [-0.4, -0.2) is 151 Å². The molecule has 0 fully saturated rings. The monoisotopic (exact) mass is 1890 g/mol. The molecular weight excluding hydrogens is 1800 g/mol. The van der Waals surface area contributed by atoms with Crippen LogP contribution in [0.4, 0.5) is 65.9 Å². The van der Waals surface area contributed by atoms with Crippen molar-refractivity contribution in [2.24, 2.45) is 0 Å². The summed E-state index contributed by atoms with van der Waals surface area (Å²) in [5.41, 5.74) is 1.95. The fourth-order valence-corrected chi connectivity index (χ4v) is 10.3. The Labute approximate surface area is 744 Å². The Kier molecular flexibility index (Phi) is 55.4. The van der Waals surface area contributed by atoms with Crippen LogP contribution in [0.1, 0.15) is 58.4 Å². The molecule has 0 heterocycles. The fraction of sp³-hybridized carbons (Fsp3) is 0.295. The van der Waals surface area contributed by atoms with Gasteiger partial charge < -0.3 is 80.7 Å². The first-order chi connectivity index (χ1) is 58.5. The van der Waals surface area contributed by atoms with Gasteiger partial charge >= 0.3 is 48.8 Å². The van der Waals surface area contributed by atoms with Crippen LogP contribution in [-0.2, 0) is 54.7 Å². The number of ether oxygens (including phenoxy) is 9. The van der Waals surface area contributed by atoms with Crippen LogP contribution >= 0.6 is 59.4 Å². The number of carboxylic acid groups (broad SMARTS) is 1. The van der Waals surface area contributed by atoms with Gasteiger partial charge in [-0.1, -0.05) is 32.9 Å². The standard InChI is InChI=1S/C22H23F3O4S.C20H19F3O4S.2C11H11F3O2.C11H14O3S.C7H5F3O.C4H8O2.CH2Cl2.CH3/c1-4-27-21(26)13-29-20-10-9-19(11-16(20)3)30-14-15(2)12-28-18-7-5-17(6-8-18)22(23,24)25;1-13(10-26-16-5-3-15(4-6-16)20(21,22)23)12-28-17-7-8-18(14(2)9-17)27-11-19(24)25;2*1-8(6-15)7-16-10-4-2-9(3-5-10)11(12,13)14;1-3-13-11(12)7-14-10-5-4-9(15)6-8(10)2;8-7(9,10)5-1-3-6(11)4-2-5;1-4(2-5)3-6;2-1-3;/h5-11H,2,4,12-14H2,1,3H3;3-9H,1,10-12H2,2H3,(H,24,25);2*2-5,15H,1,6-7H2;4-6,15H,3,7H2,1-2H3;1-4,11H;5-6H,1-3H2;1H2;1H3/q;;;;;;;;-1. The molecule has 8 rings (SSSR count). The lowest BCUT2D eigenvalue weighted by molar-refractivity contribution is -0.146. The summed E-state index contributed by atoms with van der Waals surface area (Å²) in [4.78, 5) is 35.8. The van der Waals surface area contributed by atoms with Gasteiger partial charge in [0, 0.05) is 26.2 Å². The number of phenols is 1. The highest BCUT2D eigenvalue weighted by Gasteiger charge is 2.33. The highest BCUT2D eigenvalue weighted by atomic mass is 35.5. The van der Waals surface area contributed by atoms with Crippen molar-refractivity contribution < 1.29 is 154 Å². The van der Waals surface area contributed by atoms with Gasteiger partial charge in [-0.2, -0.15) is 65.9 Å². The SMILES string of the molecule is C=C(CO)CO.C=C(CO)COc1ccc(C(F)(F)F)cc1.C=C(CO)COc1ccc(C(F)(F)F)cc1.C=C(COc1ccc(C(F)(F)F)cc1)CSc1ccc(OCC(=O)O)c(C)c1.C=C(COc1ccc(C(F)(F)F)cc1)CSc1ccc(OCC(=O)OCC)c(C)c1.CCOC(=O)COc1ccc(S)cc1C.ClCCl.Oc1ccc(C(F)(F)F)cc1.[CH3-]. The van der Waals surface area contributed by atoms with Gasteiger partial charge in [0.2, 0.25) is 0 Å². The van der Waals surface area contributed by atoms with Crippen molar-refractivity contribution in [3.05, 3.63) is 289 Å². The molecule has 0 atom stereocenters. The molecule has 694 valence electrons. The number of benzene rings is 8. The number of thioether (sulfide) groups is 2. The number of alkyl halides is 17. The van der Waals surface area contributed by atoms with Crippen LogP contribution in [0.15, 0.2) is 251 Å². The Morgan fingerprint density at radius 3 is 0.841 bits per heavy atom. The van der Waals surface area contributed by atoms with Crippen LogP contribution in [0, 0.1) is 28.2 Å². The Balaban J connectivity index is 0.00000150. The minimum Gasteiger partial charge on any atom is -0.508 e. The van der Waals surface area contributed by atoms with E-state index in [1.807, 2.05) is 57.2 Å². The summed E-state index contributed by atoms with van der Waals surface area (Å²) in [6, 6.07) is 37.9. The van der Waals surface area contributed by atoms with Crippen LogP contribution in [0.2, 0.25) is 0 Å². The molecule has 0 unspecified atom stereocenters. The number of carbonyl (C=O) groups is 3. The number of aliphatic hydroxyl groups excluding tert-OH is 4. The molecule has 0 aliphatic heterocycles. The minimum atomic E-state index is -4.37. The van der Waals surface area contributed by atoms with Crippen LogP contribution < -0.4 is 33.2 Å². The third-order valence-electron chi connectivity index (χ3n) is 14.6. The van der Waals surface area contributed by atoms with Gasteiger partial charge in [-0.05, 0) is 255 Å². The van der Waals surface area contributed by atoms with Crippen molar-refractivity contribution >= 4 is 77.3 Å². The number of hydrogen-bond acceptors (Lipinski definition) is 20. The molecule has 0 saturated carbocycles. The molecule has 0 amide bonds. The molecule has 6 N–H and O–H groups in total. The largest absolute Gasteiger partial charge is 0.508 e. The smallest absolute Gasteiger partial charge is 0.416 e. The topological polar surface area (TPSA) is 256 Å². The van der Waals surface area contributed by atoms with Crippen molar-refractivity contribution in [1.82, 2.24) is 0 Å². The second kappa shape index (κ2) is 60.4. The molecule has 8 aromatic carbocycles. The lowest BCUT2D eigenvalue weighted by Gasteiger charge is -2.12. The van der Waals surface area contributed by atoms with Crippen molar-refractivity contribution in [2.45, 2.75) is 80.2 Å². The van der Waals surface area contributed by atoms with Gasteiger partial charge in [0.25, 0.3) is 0 Å². The number of phenolic OH excluding ortho intramolecular Hbond substituents is 1. The summed E-state index contributed by atoms with van der Waals surface area (Å²) in [6.45, 7) is 27.2. The van der Waals surface area contributed by atoms with E-state index < -0.39 is 77.2 Å². The third kappa shape index (κ3) is 51.3. The van der Waals surface area contributed by atoms with Crippen molar-refractivity contribution in [2.75, 3.05) is 103 Å². The Bertz CT molecular complexity index is 4500. The van der Waals surface area contributed by atoms with E-state index in [2.05, 4.69) is 45.5 Å². The first-order valence-electron chi connectivity index (χ1n) is 36.2.